The van der Waals surface area contributed by atoms with Gasteiger partial charge in [-0.15, -0.1) is 11.3 Å². The van der Waals surface area contributed by atoms with Crippen LogP contribution in [0.1, 0.15) is 30.1 Å². The minimum Gasteiger partial charge on any atom is -0.497 e. The fourth-order valence-electron chi connectivity index (χ4n) is 4.14. The van der Waals surface area contributed by atoms with Crippen molar-refractivity contribution in [1.29, 1.82) is 0 Å². The van der Waals surface area contributed by atoms with Gasteiger partial charge in [0.1, 0.15) is 16.4 Å². The lowest BCUT2D eigenvalue weighted by atomic mass is 9.89. The summed E-state index contributed by atoms with van der Waals surface area (Å²) in [7, 11) is 5.37. The molecule has 0 bridgehead atoms. The number of benzene rings is 1. The van der Waals surface area contributed by atoms with Crippen molar-refractivity contribution in [3.05, 3.63) is 41.3 Å². The average Bonchev–Trinajstić information content (AvgIpc) is 3.35. The number of carbonyl (C=O) groups is 2. The third-order valence-corrected chi connectivity index (χ3v) is 7.29. The quantitative estimate of drug-likeness (QED) is 0.454. The second-order valence-corrected chi connectivity index (χ2v) is 9.60. The number of nitrogens with zero attached hydrogens (tertiary/aromatic N) is 5. The summed E-state index contributed by atoms with van der Waals surface area (Å²) in [5.74, 6) is 2.57. The number of ketones is 1. The number of hydrogen-bond acceptors (Lipinski definition) is 8. The smallest absolute Gasteiger partial charge is 0.228 e. The van der Waals surface area contributed by atoms with Crippen LogP contribution in [0.15, 0.2) is 35.7 Å². The molecule has 0 aliphatic carbocycles. The molecule has 8 nitrogen and oxygen atoms in total. The highest BCUT2D eigenvalue weighted by molar-refractivity contribution is 7.16. The normalized spacial score (nSPS) is 14.3. The Labute approximate surface area is 204 Å². The number of piperidine rings is 1. The molecule has 0 radical (unpaired) electrons. The fourth-order valence-corrected chi connectivity index (χ4v) is 4.90. The zero-order valence-electron chi connectivity index (χ0n) is 20.2. The molecule has 3 aromatic rings. The molecule has 0 spiro atoms. The molecule has 180 valence electrons. The van der Waals surface area contributed by atoms with E-state index in [1.807, 2.05) is 41.6 Å². The second kappa shape index (κ2) is 10.4. The minimum atomic E-state index is 0.00806. The van der Waals surface area contributed by atoms with Crippen LogP contribution in [0.4, 0.5) is 11.8 Å². The molecule has 0 N–H and O–H groups in total. The second-order valence-electron chi connectivity index (χ2n) is 8.70. The van der Waals surface area contributed by atoms with Crippen LogP contribution in [-0.4, -0.2) is 73.9 Å². The number of methoxy groups -OCH3 is 1. The Bertz CT molecular complexity index is 1160. The van der Waals surface area contributed by atoms with E-state index in [0.29, 0.717) is 19.0 Å². The van der Waals surface area contributed by atoms with Crippen LogP contribution in [0, 0.1) is 5.92 Å². The van der Waals surface area contributed by atoms with Gasteiger partial charge in [-0.25, -0.2) is 4.98 Å². The molecule has 1 aliphatic rings. The maximum atomic E-state index is 13.0. The minimum absolute atomic E-state index is 0.00806. The molecule has 1 aliphatic heterocycles. The summed E-state index contributed by atoms with van der Waals surface area (Å²) in [6, 6.07) is 9.43. The molecule has 3 heterocycles. The van der Waals surface area contributed by atoms with Crippen molar-refractivity contribution < 1.29 is 14.3 Å². The van der Waals surface area contributed by atoms with Crippen molar-refractivity contribution in [2.45, 2.75) is 19.8 Å². The molecule has 1 amide bonds. The van der Waals surface area contributed by atoms with E-state index >= 15 is 0 Å². The van der Waals surface area contributed by atoms with Gasteiger partial charge in [0.25, 0.3) is 0 Å². The zero-order chi connectivity index (χ0) is 24.2. The van der Waals surface area contributed by atoms with Crippen LogP contribution in [0.5, 0.6) is 5.75 Å². The van der Waals surface area contributed by atoms with Gasteiger partial charge in [-0.1, -0.05) is 0 Å². The number of fused-ring (bicyclic) bond motifs is 1. The highest BCUT2D eigenvalue weighted by atomic mass is 32.1. The topological polar surface area (TPSA) is 78.9 Å². The average molecular weight is 482 g/mol. The number of anilines is 2. The van der Waals surface area contributed by atoms with Gasteiger partial charge >= 0.3 is 0 Å². The van der Waals surface area contributed by atoms with Gasteiger partial charge in [-0.3, -0.25) is 9.59 Å². The number of hydrogen-bond donors (Lipinski definition) is 0. The summed E-state index contributed by atoms with van der Waals surface area (Å²) in [5.41, 5.74) is 0.737. The summed E-state index contributed by atoms with van der Waals surface area (Å²) < 4.78 is 5.20. The van der Waals surface area contributed by atoms with Crippen LogP contribution >= 0.6 is 11.3 Å². The third kappa shape index (κ3) is 5.14. The number of amides is 1. The lowest BCUT2D eigenvalue weighted by Crippen LogP contribution is -2.37. The van der Waals surface area contributed by atoms with Crippen molar-refractivity contribution in [2.24, 2.45) is 5.92 Å². The van der Waals surface area contributed by atoms with E-state index in [-0.39, 0.29) is 17.6 Å². The van der Waals surface area contributed by atoms with E-state index in [0.717, 1.165) is 53.3 Å². The van der Waals surface area contributed by atoms with E-state index < -0.39 is 0 Å². The summed E-state index contributed by atoms with van der Waals surface area (Å²) >= 11 is 1.60. The largest absolute Gasteiger partial charge is 0.497 e. The van der Waals surface area contributed by atoms with Crippen molar-refractivity contribution in [1.82, 2.24) is 14.9 Å². The Hall–Kier alpha value is -3.20. The fraction of sp³-hybridized carbons (Fsp3) is 0.440. The molecule has 9 heteroatoms. The molecule has 2 aromatic heterocycles. The van der Waals surface area contributed by atoms with Crippen LogP contribution in [-0.2, 0) is 4.79 Å². The summed E-state index contributed by atoms with van der Waals surface area (Å²) in [6.45, 7) is 4.35. The Kier molecular flexibility index (Phi) is 7.31. The maximum absolute atomic E-state index is 13.0. The maximum Gasteiger partial charge on any atom is 0.228 e. The Morgan fingerprint density at radius 1 is 1.09 bits per heavy atom. The molecule has 4 rings (SSSR count). The number of rotatable bonds is 8. The molecular formula is C25H31N5O3S. The molecular weight excluding hydrogens is 450 g/mol. The highest BCUT2D eigenvalue weighted by Gasteiger charge is 2.28. The van der Waals surface area contributed by atoms with E-state index in [1.54, 1.807) is 37.3 Å². The summed E-state index contributed by atoms with van der Waals surface area (Å²) in [4.78, 5) is 41.1. The van der Waals surface area contributed by atoms with Crippen LogP contribution < -0.4 is 14.5 Å². The Balaban J connectivity index is 1.46. The van der Waals surface area contributed by atoms with Gasteiger partial charge in [0.05, 0.1) is 12.5 Å². The van der Waals surface area contributed by atoms with E-state index in [9.17, 15) is 9.59 Å². The van der Waals surface area contributed by atoms with Gasteiger partial charge in [0, 0.05) is 58.7 Å². The van der Waals surface area contributed by atoms with Crippen LogP contribution in [0.25, 0.3) is 10.2 Å². The number of likely N-dealkylation sites (N-methyl/N-ethyl adjacent to an activating group) is 2. The first-order chi connectivity index (χ1) is 16.4. The molecule has 1 saturated heterocycles. The van der Waals surface area contributed by atoms with Gasteiger partial charge < -0.3 is 19.4 Å². The molecule has 1 fully saturated rings. The van der Waals surface area contributed by atoms with Crippen molar-refractivity contribution >= 4 is 45.0 Å². The third-order valence-electron chi connectivity index (χ3n) is 6.48. The van der Waals surface area contributed by atoms with Crippen molar-refractivity contribution in [2.75, 3.05) is 57.2 Å². The Morgan fingerprint density at radius 2 is 1.79 bits per heavy atom. The van der Waals surface area contributed by atoms with Crippen molar-refractivity contribution in [3.63, 3.8) is 0 Å². The monoisotopic (exact) mass is 481 g/mol. The van der Waals surface area contributed by atoms with Crippen molar-refractivity contribution in [3.8, 4) is 5.75 Å². The van der Waals surface area contributed by atoms with Gasteiger partial charge in [0.2, 0.25) is 11.9 Å². The number of Topliss-reactive ketones (excluding diaryl/α,β-unsaturated/α-hetero) is 1. The predicted octanol–water partition coefficient (Wildman–Crippen LogP) is 3.71. The van der Waals surface area contributed by atoms with Gasteiger partial charge in [-0.2, -0.15) is 4.98 Å². The first-order valence-corrected chi connectivity index (χ1v) is 12.4. The lowest BCUT2D eigenvalue weighted by molar-refractivity contribution is -0.127. The molecule has 0 saturated carbocycles. The number of carbonyl (C=O) groups excluding carboxylic acids is 2. The lowest BCUT2D eigenvalue weighted by Gasteiger charge is -2.33. The SMILES string of the molecule is COc1ccc(C(=O)C2CCN(c3nc(N(C)CCN(C)C(C)=O)nc4sccc34)CC2)cc1. The summed E-state index contributed by atoms with van der Waals surface area (Å²) in [5, 5.41) is 3.08. The molecule has 0 unspecified atom stereocenters. The zero-order valence-corrected chi connectivity index (χ0v) is 21.0. The predicted molar refractivity (Wildman–Crippen MR) is 136 cm³/mol. The van der Waals surface area contributed by atoms with Crippen LogP contribution in [0.3, 0.4) is 0 Å². The molecule has 1 aromatic carbocycles. The van der Waals surface area contributed by atoms with E-state index in [2.05, 4.69) is 11.0 Å². The van der Waals surface area contributed by atoms with Gasteiger partial charge in [0.15, 0.2) is 5.78 Å². The number of ether oxygens (including phenoxy) is 1. The molecule has 0 atom stereocenters. The number of aromatic nitrogens is 2. The van der Waals surface area contributed by atoms with Gasteiger partial charge in [-0.05, 0) is 48.6 Å². The Morgan fingerprint density at radius 3 is 2.44 bits per heavy atom. The number of thiophene rings is 1. The van der Waals surface area contributed by atoms with E-state index in [1.165, 1.54) is 0 Å². The van der Waals surface area contributed by atoms with E-state index in [4.69, 9.17) is 14.7 Å². The standard InChI is InChI=1S/C25H31N5O3S/c1-17(31)28(2)14-15-29(3)25-26-23(21-11-16-34-24(21)27-25)30-12-9-19(10-13-30)22(32)18-5-7-20(33-4)8-6-18/h5-8,11,16,19H,9-10,12-15H2,1-4H3. The first kappa shape index (κ1) is 23.9. The molecule has 34 heavy (non-hydrogen) atoms. The van der Waals surface area contributed by atoms with Crippen LogP contribution in [0.2, 0.25) is 0 Å². The summed E-state index contributed by atoms with van der Waals surface area (Å²) in [6.07, 6.45) is 1.57. The first-order valence-electron chi connectivity index (χ1n) is 11.5. The highest BCUT2D eigenvalue weighted by Crippen LogP contribution is 2.33.